The number of carbonyl (C=O) groups excluding carboxylic acids is 1. The van der Waals surface area contributed by atoms with Gasteiger partial charge in [0.2, 0.25) is 5.91 Å². The molecule has 1 aliphatic rings. The van der Waals surface area contributed by atoms with E-state index in [9.17, 15) is 4.79 Å². The number of amides is 1. The van der Waals surface area contributed by atoms with Gasteiger partial charge in [-0.25, -0.2) is 0 Å². The summed E-state index contributed by atoms with van der Waals surface area (Å²) in [4.78, 5) is 14.7. The van der Waals surface area contributed by atoms with Gasteiger partial charge >= 0.3 is 0 Å². The highest BCUT2D eigenvalue weighted by Crippen LogP contribution is 2.34. The molecule has 0 spiro atoms. The Morgan fingerprint density at radius 3 is 2.92 bits per heavy atom. The maximum atomic E-state index is 12.8. The van der Waals surface area contributed by atoms with E-state index in [1.54, 1.807) is 7.11 Å². The second-order valence-corrected chi connectivity index (χ2v) is 6.54. The van der Waals surface area contributed by atoms with Gasteiger partial charge < -0.3 is 14.2 Å². The Bertz CT molecular complexity index is 708. The highest BCUT2D eigenvalue weighted by Gasteiger charge is 2.33. The van der Waals surface area contributed by atoms with Crippen molar-refractivity contribution in [3.05, 3.63) is 47.3 Å². The van der Waals surface area contributed by atoms with Crippen LogP contribution in [0.5, 0.6) is 5.75 Å². The average Bonchev–Trinajstić information content (AvgIpc) is 3.24. The quantitative estimate of drug-likeness (QED) is 0.839. The van der Waals surface area contributed by atoms with E-state index in [1.165, 1.54) is 0 Å². The van der Waals surface area contributed by atoms with Crippen LogP contribution >= 0.6 is 0 Å². The molecule has 5 nitrogen and oxygen atoms in total. The predicted octanol–water partition coefficient (Wildman–Crippen LogP) is 3.71. The molecule has 0 saturated carbocycles. The Morgan fingerprint density at radius 2 is 2.21 bits per heavy atom. The molecule has 1 saturated heterocycles. The van der Waals surface area contributed by atoms with Gasteiger partial charge in [-0.2, -0.15) is 0 Å². The van der Waals surface area contributed by atoms with E-state index in [-0.39, 0.29) is 11.9 Å². The lowest BCUT2D eigenvalue weighted by Gasteiger charge is -2.23. The minimum atomic E-state index is -0.00722. The number of aromatic nitrogens is 1. The molecule has 0 aliphatic carbocycles. The van der Waals surface area contributed by atoms with Crippen molar-refractivity contribution >= 4 is 5.91 Å². The summed E-state index contributed by atoms with van der Waals surface area (Å²) in [6, 6.07) is 9.64. The Hall–Kier alpha value is -2.30. The van der Waals surface area contributed by atoms with Gasteiger partial charge in [0.15, 0.2) is 5.76 Å². The van der Waals surface area contributed by atoms with Gasteiger partial charge in [-0.15, -0.1) is 0 Å². The first-order chi connectivity index (χ1) is 11.6. The Balaban J connectivity index is 1.76. The maximum Gasteiger partial charge on any atom is 0.227 e. The minimum absolute atomic E-state index is 0.00722. The van der Waals surface area contributed by atoms with Crippen molar-refractivity contribution in [2.45, 2.75) is 45.1 Å². The fourth-order valence-electron chi connectivity index (χ4n) is 3.21. The Kier molecular flexibility index (Phi) is 4.88. The summed E-state index contributed by atoms with van der Waals surface area (Å²) >= 11 is 0. The summed E-state index contributed by atoms with van der Waals surface area (Å²) in [5.41, 5.74) is 1.85. The van der Waals surface area contributed by atoms with Crippen molar-refractivity contribution in [3.63, 3.8) is 0 Å². The van der Waals surface area contributed by atoms with Gasteiger partial charge in [0.05, 0.1) is 25.3 Å². The monoisotopic (exact) mass is 328 g/mol. The van der Waals surface area contributed by atoms with E-state index >= 15 is 0 Å². The third-order valence-electron chi connectivity index (χ3n) is 4.57. The van der Waals surface area contributed by atoms with Crippen molar-refractivity contribution in [2.75, 3.05) is 13.7 Å². The van der Waals surface area contributed by atoms with Crippen molar-refractivity contribution < 1.29 is 14.1 Å². The third kappa shape index (κ3) is 3.30. The lowest BCUT2D eigenvalue weighted by atomic mass is 10.1. The number of hydrogen-bond acceptors (Lipinski definition) is 4. The van der Waals surface area contributed by atoms with Gasteiger partial charge in [-0.05, 0) is 24.8 Å². The lowest BCUT2D eigenvalue weighted by molar-refractivity contribution is -0.131. The van der Waals surface area contributed by atoms with E-state index in [1.807, 2.05) is 35.2 Å². The molecule has 0 radical (unpaired) electrons. The van der Waals surface area contributed by atoms with Crippen LogP contribution in [0.4, 0.5) is 0 Å². The fourth-order valence-corrected chi connectivity index (χ4v) is 3.21. The molecule has 1 aliphatic heterocycles. The number of likely N-dealkylation sites (tertiary alicyclic amines) is 1. The van der Waals surface area contributed by atoms with Gasteiger partial charge in [-0.3, -0.25) is 4.79 Å². The molecule has 2 aromatic rings. The molecule has 1 fully saturated rings. The molecule has 2 heterocycles. The van der Waals surface area contributed by atoms with E-state index < -0.39 is 0 Å². The molecule has 24 heavy (non-hydrogen) atoms. The summed E-state index contributed by atoms with van der Waals surface area (Å²) < 4.78 is 10.9. The molecule has 0 bridgehead atoms. The van der Waals surface area contributed by atoms with E-state index in [0.29, 0.717) is 12.3 Å². The molecule has 0 unspecified atom stereocenters. The SMILES string of the molecule is COc1ccccc1CC(=O)N1CCC[C@H]1c1cc(C(C)C)no1. The largest absolute Gasteiger partial charge is 0.496 e. The van der Waals surface area contributed by atoms with Crippen LogP contribution in [0.25, 0.3) is 0 Å². The number of carbonyl (C=O) groups is 1. The summed E-state index contributed by atoms with van der Waals surface area (Å²) in [5.74, 6) is 1.97. The molecular weight excluding hydrogens is 304 g/mol. The van der Waals surface area contributed by atoms with Crippen LogP contribution in [0.3, 0.4) is 0 Å². The van der Waals surface area contributed by atoms with Crippen LogP contribution in [0.2, 0.25) is 0 Å². The molecule has 1 amide bonds. The lowest BCUT2D eigenvalue weighted by Crippen LogP contribution is -2.31. The minimum Gasteiger partial charge on any atom is -0.496 e. The third-order valence-corrected chi connectivity index (χ3v) is 4.57. The van der Waals surface area contributed by atoms with Gasteiger partial charge in [-0.1, -0.05) is 37.2 Å². The van der Waals surface area contributed by atoms with E-state index in [4.69, 9.17) is 9.26 Å². The van der Waals surface area contributed by atoms with Gasteiger partial charge in [0.1, 0.15) is 5.75 Å². The average molecular weight is 328 g/mol. The normalized spacial score (nSPS) is 17.5. The second kappa shape index (κ2) is 7.07. The highest BCUT2D eigenvalue weighted by atomic mass is 16.5. The van der Waals surface area contributed by atoms with Crippen molar-refractivity contribution in [1.82, 2.24) is 10.1 Å². The molecule has 5 heteroatoms. The molecule has 1 aromatic carbocycles. The zero-order chi connectivity index (χ0) is 17.1. The summed E-state index contributed by atoms with van der Waals surface area (Å²) in [6.45, 7) is 4.93. The van der Waals surface area contributed by atoms with Crippen LogP contribution in [0.1, 0.15) is 55.7 Å². The standard InChI is InChI=1S/C19H24N2O3/c1-13(2)15-12-18(24-20-15)16-8-6-10-21(16)19(22)11-14-7-4-5-9-17(14)23-3/h4-5,7,9,12-13,16H,6,8,10-11H2,1-3H3/t16-/m0/s1. The molecular formula is C19H24N2O3. The van der Waals surface area contributed by atoms with E-state index in [2.05, 4.69) is 19.0 Å². The van der Waals surface area contributed by atoms with E-state index in [0.717, 1.165) is 42.2 Å². The summed E-state index contributed by atoms with van der Waals surface area (Å²) in [7, 11) is 1.63. The summed E-state index contributed by atoms with van der Waals surface area (Å²) in [5, 5.41) is 4.13. The van der Waals surface area contributed by atoms with Crippen LogP contribution in [0, 0.1) is 0 Å². The highest BCUT2D eigenvalue weighted by molar-refractivity contribution is 5.80. The molecule has 1 atom stereocenters. The number of methoxy groups -OCH3 is 1. The predicted molar refractivity (Wildman–Crippen MR) is 91.0 cm³/mol. The van der Waals surface area contributed by atoms with Gasteiger partial charge in [0, 0.05) is 18.2 Å². The molecule has 128 valence electrons. The summed E-state index contributed by atoms with van der Waals surface area (Å²) in [6.07, 6.45) is 2.25. The topological polar surface area (TPSA) is 55.6 Å². The van der Waals surface area contributed by atoms with Crippen LogP contribution in [0.15, 0.2) is 34.9 Å². The van der Waals surface area contributed by atoms with Crippen molar-refractivity contribution in [2.24, 2.45) is 0 Å². The van der Waals surface area contributed by atoms with Crippen LogP contribution in [-0.4, -0.2) is 29.6 Å². The number of rotatable bonds is 5. The Morgan fingerprint density at radius 1 is 1.42 bits per heavy atom. The first kappa shape index (κ1) is 16.6. The zero-order valence-corrected chi connectivity index (χ0v) is 14.5. The zero-order valence-electron chi connectivity index (χ0n) is 14.5. The van der Waals surface area contributed by atoms with Gasteiger partial charge in [0.25, 0.3) is 0 Å². The number of para-hydroxylation sites is 1. The maximum absolute atomic E-state index is 12.8. The van der Waals surface area contributed by atoms with Crippen LogP contribution < -0.4 is 4.74 Å². The first-order valence-corrected chi connectivity index (χ1v) is 8.48. The second-order valence-electron chi connectivity index (χ2n) is 6.54. The molecule has 3 rings (SSSR count). The van der Waals surface area contributed by atoms with Crippen LogP contribution in [-0.2, 0) is 11.2 Å². The number of nitrogens with zero attached hydrogens (tertiary/aromatic N) is 2. The Labute approximate surface area is 142 Å². The van der Waals surface area contributed by atoms with Crippen molar-refractivity contribution in [3.8, 4) is 5.75 Å². The number of benzene rings is 1. The smallest absolute Gasteiger partial charge is 0.227 e. The number of hydrogen-bond donors (Lipinski definition) is 0. The van der Waals surface area contributed by atoms with Crippen molar-refractivity contribution in [1.29, 1.82) is 0 Å². The number of ether oxygens (including phenoxy) is 1. The molecule has 0 N–H and O–H groups in total. The fraction of sp³-hybridized carbons (Fsp3) is 0.474. The first-order valence-electron chi connectivity index (χ1n) is 8.48. The molecule has 1 aromatic heterocycles.